The first-order valence-corrected chi connectivity index (χ1v) is 11.0. The van der Waals surface area contributed by atoms with Crippen molar-refractivity contribution in [1.82, 2.24) is 0 Å². The Morgan fingerprint density at radius 2 is 1.56 bits per heavy atom. The summed E-state index contributed by atoms with van der Waals surface area (Å²) in [6, 6.07) is 24.2. The van der Waals surface area contributed by atoms with Gasteiger partial charge in [-0.25, -0.2) is 0 Å². The number of hydrogen-bond acceptors (Lipinski definition) is 4. The first kappa shape index (κ1) is 21.5. The van der Waals surface area contributed by atoms with E-state index >= 15 is 0 Å². The van der Waals surface area contributed by atoms with Gasteiger partial charge in [-0.05, 0) is 71.6 Å². The first-order valence-electron chi connectivity index (χ1n) is 11.0. The molecule has 168 valence electrons. The van der Waals surface area contributed by atoms with Gasteiger partial charge < -0.3 is 10.2 Å². The number of nitrogens with zero attached hydrogens (tertiary/aromatic N) is 1. The zero-order chi connectivity index (χ0) is 24.0. The van der Waals surface area contributed by atoms with Gasteiger partial charge in [-0.3, -0.25) is 14.5 Å². The number of aliphatic hydroxyl groups excluding tert-OH is 1. The molecule has 4 aromatic rings. The van der Waals surface area contributed by atoms with Crippen LogP contribution in [-0.2, 0) is 9.59 Å². The van der Waals surface area contributed by atoms with Gasteiger partial charge in [-0.2, -0.15) is 0 Å². The van der Waals surface area contributed by atoms with Crippen LogP contribution in [0.5, 0.6) is 5.75 Å². The molecule has 0 aromatic heterocycles. The Hall–Kier alpha value is -4.38. The SMILES string of the molecule is Cc1ccc(N2C(=O)C(=O)/C(=C(\O)c3ccc4ccccc4c3)C2c2cccc(O)c2)cc1C. The Morgan fingerprint density at radius 3 is 2.29 bits per heavy atom. The molecule has 0 spiro atoms. The number of anilines is 1. The third kappa shape index (κ3) is 3.52. The quantitative estimate of drug-likeness (QED) is 0.236. The van der Waals surface area contributed by atoms with E-state index in [0.717, 1.165) is 21.9 Å². The summed E-state index contributed by atoms with van der Waals surface area (Å²) >= 11 is 0. The fourth-order valence-corrected chi connectivity index (χ4v) is 4.48. The van der Waals surface area contributed by atoms with Gasteiger partial charge in [0.05, 0.1) is 11.6 Å². The number of rotatable bonds is 3. The van der Waals surface area contributed by atoms with Crippen molar-refractivity contribution in [2.45, 2.75) is 19.9 Å². The molecule has 1 aliphatic heterocycles. The van der Waals surface area contributed by atoms with Gasteiger partial charge in [0.1, 0.15) is 11.5 Å². The van der Waals surface area contributed by atoms with Gasteiger partial charge in [-0.1, -0.05) is 54.6 Å². The van der Waals surface area contributed by atoms with Gasteiger partial charge >= 0.3 is 0 Å². The molecule has 2 N–H and O–H groups in total. The van der Waals surface area contributed by atoms with Crippen molar-refractivity contribution in [1.29, 1.82) is 0 Å². The van der Waals surface area contributed by atoms with Crippen LogP contribution in [0.2, 0.25) is 0 Å². The number of phenolic OH excluding ortho intramolecular Hbond substituents is 1. The lowest BCUT2D eigenvalue weighted by Crippen LogP contribution is -2.29. The second-order valence-electron chi connectivity index (χ2n) is 8.59. The molecule has 0 saturated carbocycles. The van der Waals surface area contributed by atoms with Gasteiger partial charge in [0, 0.05) is 11.3 Å². The topological polar surface area (TPSA) is 77.8 Å². The molecule has 1 saturated heterocycles. The summed E-state index contributed by atoms with van der Waals surface area (Å²) in [6.07, 6.45) is 0. The minimum atomic E-state index is -0.888. The number of carbonyl (C=O) groups excluding carboxylic acids is 2. The van der Waals surface area contributed by atoms with Crippen LogP contribution in [0.1, 0.15) is 28.3 Å². The minimum absolute atomic E-state index is 0.00822. The second-order valence-corrected chi connectivity index (χ2v) is 8.59. The number of Topliss-reactive ketones (excluding diaryl/α,β-unsaturated/α-hetero) is 1. The van der Waals surface area contributed by atoms with Crippen molar-refractivity contribution < 1.29 is 19.8 Å². The van der Waals surface area contributed by atoms with Gasteiger partial charge in [0.15, 0.2) is 0 Å². The maximum atomic E-state index is 13.3. The molecular weight excluding hydrogens is 426 g/mol. The molecule has 0 radical (unpaired) electrons. The lowest BCUT2D eigenvalue weighted by atomic mass is 9.94. The lowest BCUT2D eigenvalue weighted by Gasteiger charge is -2.26. The highest BCUT2D eigenvalue weighted by atomic mass is 16.3. The Kier molecular flexibility index (Phi) is 5.17. The fraction of sp³-hybridized carbons (Fsp3) is 0.103. The Labute approximate surface area is 197 Å². The van der Waals surface area contributed by atoms with Gasteiger partial charge in [0.2, 0.25) is 0 Å². The van der Waals surface area contributed by atoms with Crippen LogP contribution >= 0.6 is 0 Å². The molecule has 5 heteroatoms. The molecule has 34 heavy (non-hydrogen) atoms. The highest BCUT2D eigenvalue weighted by molar-refractivity contribution is 6.51. The van der Waals surface area contributed by atoms with Crippen molar-refractivity contribution in [3.63, 3.8) is 0 Å². The lowest BCUT2D eigenvalue weighted by molar-refractivity contribution is -0.132. The third-order valence-electron chi connectivity index (χ3n) is 6.42. The highest BCUT2D eigenvalue weighted by Crippen LogP contribution is 2.43. The number of benzene rings is 4. The van der Waals surface area contributed by atoms with Crippen molar-refractivity contribution in [2.24, 2.45) is 0 Å². The number of aryl methyl sites for hydroxylation is 2. The molecule has 0 aliphatic carbocycles. The summed E-state index contributed by atoms with van der Waals surface area (Å²) in [5.74, 6) is -1.73. The average Bonchev–Trinajstić information content (AvgIpc) is 3.10. The van der Waals surface area contributed by atoms with Crippen LogP contribution in [0.15, 0.2) is 90.5 Å². The Bertz CT molecular complexity index is 1500. The van der Waals surface area contributed by atoms with E-state index < -0.39 is 17.7 Å². The van der Waals surface area contributed by atoms with Crippen LogP contribution < -0.4 is 4.90 Å². The van der Waals surface area contributed by atoms with E-state index in [0.29, 0.717) is 16.8 Å². The van der Waals surface area contributed by atoms with E-state index in [1.807, 2.05) is 56.3 Å². The fourth-order valence-electron chi connectivity index (χ4n) is 4.48. The summed E-state index contributed by atoms with van der Waals surface area (Å²) in [6.45, 7) is 3.91. The minimum Gasteiger partial charge on any atom is -0.508 e. The number of phenols is 1. The molecular formula is C29H23NO4. The summed E-state index contributed by atoms with van der Waals surface area (Å²) in [5.41, 5.74) is 3.55. The zero-order valence-corrected chi connectivity index (χ0v) is 18.8. The zero-order valence-electron chi connectivity index (χ0n) is 18.8. The monoisotopic (exact) mass is 449 g/mol. The van der Waals surface area contributed by atoms with E-state index in [2.05, 4.69) is 0 Å². The van der Waals surface area contributed by atoms with E-state index in [4.69, 9.17) is 0 Å². The summed E-state index contributed by atoms with van der Waals surface area (Å²) in [7, 11) is 0. The van der Waals surface area contributed by atoms with Crippen molar-refractivity contribution in [3.8, 4) is 5.75 Å². The number of amides is 1. The van der Waals surface area contributed by atoms with E-state index in [1.54, 1.807) is 30.3 Å². The maximum Gasteiger partial charge on any atom is 0.300 e. The van der Waals surface area contributed by atoms with Gasteiger partial charge in [-0.15, -0.1) is 0 Å². The molecule has 0 bridgehead atoms. The Balaban J connectivity index is 1.74. The number of carbonyl (C=O) groups is 2. The van der Waals surface area contributed by atoms with E-state index in [-0.39, 0.29) is 17.1 Å². The summed E-state index contributed by atoms with van der Waals surface area (Å²) in [4.78, 5) is 28.0. The third-order valence-corrected chi connectivity index (χ3v) is 6.42. The van der Waals surface area contributed by atoms with Crippen LogP contribution in [0.3, 0.4) is 0 Å². The van der Waals surface area contributed by atoms with E-state index in [9.17, 15) is 19.8 Å². The summed E-state index contributed by atoms with van der Waals surface area (Å²) in [5, 5.41) is 23.4. The van der Waals surface area contributed by atoms with Crippen LogP contribution in [0, 0.1) is 13.8 Å². The van der Waals surface area contributed by atoms with Gasteiger partial charge in [0.25, 0.3) is 11.7 Å². The maximum absolute atomic E-state index is 13.3. The molecule has 4 aromatic carbocycles. The molecule has 1 atom stereocenters. The van der Waals surface area contributed by atoms with Crippen molar-refractivity contribution in [2.75, 3.05) is 4.90 Å². The molecule has 1 amide bonds. The smallest absolute Gasteiger partial charge is 0.300 e. The number of hydrogen-bond donors (Lipinski definition) is 2. The van der Waals surface area contributed by atoms with E-state index in [1.165, 1.54) is 17.0 Å². The predicted molar refractivity (Wildman–Crippen MR) is 133 cm³/mol. The molecule has 1 aliphatic rings. The summed E-state index contributed by atoms with van der Waals surface area (Å²) < 4.78 is 0. The molecule has 5 nitrogen and oxygen atoms in total. The molecule has 5 rings (SSSR count). The van der Waals surface area contributed by atoms with Crippen LogP contribution in [-0.4, -0.2) is 21.9 Å². The van der Waals surface area contributed by atoms with Crippen LogP contribution in [0.25, 0.3) is 16.5 Å². The number of aliphatic hydroxyl groups is 1. The number of aromatic hydroxyl groups is 1. The Morgan fingerprint density at radius 1 is 0.794 bits per heavy atom. The largest absolute Gasteiger partial charge is 0.508 e. The average molecular weight is 450 g/mol. The van der Waals surface area contributed by atoms with Crippen molar-refractivity contribution >= 4 is 33.9 Å². The molecule has 1 unspecified atom stereocenters. The highest BCUT2D eigenvalue weighted by Gasteiger charge is 2.47. The normalized spacial score (nSPS) is 17.5. The standard InChI is InChI=1S/C29H23NO4/c1-17-10-13-23(14-18(17)2)30-26(21-8-5-9-24(31)16-21)25(28(33)29(30)34)27(32)22-12-11-19-6-3-4-7-20(19)15-22/h3-16,26,31-32H,1-2H3/b27-25-. The van der Waals surface area contributed by atoms with Crippen molar-refractivity contribution in [3.05, 3.63) is 113 Å². The second kappa shape index (κ2) is 8.19. The number of fused-ring (bicyclic) bond motifs is 1. The molecule has 1 heterocycles. The molecule has 1 fully saturated rings. The first-order chi connectivity index (χ1) is 16.3. The number of ketones is 1. The predicted octanol–water partition coefficient (Wildman–Crippen LogP) is 5.79. The van der Waals surface area contributed by atoms with Crippen LogP contribution in [0.4, 0.5) is 5.69 Å².